The van der Waals surface area contributed by atoms with Gasteiger partial charge in [0.2, 0.25) is 0 Å². The predicted octanol–water partition coefficient (Wildman–Crippen LogP) is 4.99. The average Bonchev–Trinajstić information content (AvgIpc) is 2.75. The maximum atomic E-state index is 13.0. The molecule has 2 heterocycles. The molecule has 6 heteroatoms. The molecule has 0 atom stereocenters. The van der Waals surface area contributed by atoms with Gasteiger partial charge in [0.15, 0.2) is 5.75 Å². The molecule has 0 spiro atoms. The van der Waals surface area contributed by atoms with Crippen molar-refractivity contribution in [2.75, 3.05) is 12.4 Å². The summed E-state index contributed by atoms with van der Waals surface area (Å²) in [6, 6.07) is 18.4. The summed E-state index contributed by atoms with van der Waals surface area (Å²) < 4.78 is 11.2. The molecule has 0 unspecified atom stereocenters. The smallest absolute Gasteiger partial charge is 0.257 e. The number of ether oxygens (including phenoxy) is 2. The molecule has 0 saturated heterocycles. The number of aryl methyl sites for hydroxylation is 1. The second kappa shape index (κ2) is 7.98. The molecule has 1 N–H and O–H groups in total. The van der Waals surface area contributed by atoms with E-state index in [-0.39, 0.29) is 5.91 Å². The van der Waals surface area contributed by atoms with Gasteiger partial charge in [0.25, 0.3) is 5.91 Å². The van der Waals surface area contributed by atoms with Crippen LogP contribution in [0.25, 0.3) is 10.9 Å². The van der Waals surface area contributed by atoms with Gasteiger partial charge in [0.1, 0.15) is 17.2 Å². The Morgan fingerprint density at radius 1 is 1.00 bits per heavy atom. The Kier molecular flexibility index (Phi) is 5.07. The Balaban J connectivity index is 1.64. The Labute approximate surface area is 168 Å². The molecule has 29 heavy (non-hydrogen) atoms. The molecular formula is C23H19N3O3. The van der Waals surface area contributed by atoms with Crippen molar-refractivity contribution >= 4 is 22.5 Å². The number of carbonyl (C=O) groups is 1. The van der Waals surface area contributed by atoms with Crippen LogP contribution in [-0.4, -0.2) is 23.0 Å². The van der Waals surface area contributed by atoms with E-state index in [0.717, 1.165) is 10.9 Å². The molecule has 0 saturated carbocycles. The number of aromatic nitrogens is 2. The van der Waals surface area contributed by atoms with Crippen molar-refractivity contribution in [2.45, 2.75) is 6.92 Å². The van der Waals surface area contributed by atoms with E-state index in [9.17, 15) is 4.79 Å². The lowest BCUT2D eigenvalue weighted by atomic mass is 10.1. The van der Waals surface area contributed by atoms with E-state index in [1.165, 1.54) is 0 Å². The van der Waals surface area contributed by atoms with E-state index in [4.69, 9.17) is 9.47 Å². The van der Waals surface area contributed by atoms with Crippen LogP contribution in [0.4, 0.5) is 5.69 Å². The van der Waals surface area contributed by atoms with Gasteiger partial charge < -0.3 is 14.8 Å². The van der Waals surface area contributed by atoms with Crippen LogP contribution >= 0.6 is 0 Å². The third-order valence-corrected chi connectivity index (χ3v) is 4.46. The highest BCUT2D eigenvalue weighted by molar-refractivity contribution is 6.07. The standard InChI is InChI=1S/C23H19N3O3/c1-15-19(13-16-12-18(28-2)8-9-20(16)25-15)23(27)26-21-14-24-11-10-22(21)29-17-6-4-3-5-7-17/h3-14H,1-2H3,(H,26,27). The molecule has 0 aliphatic carbocycles. The highest BCUT2D eigenvalue weighted by atomic mass is 16.5. The van der Waals surface area contributed by atoms with Gasteiger partial charge in [-0.05, 0) is 43.3 Å². The molecule has 0 aliphatic rings. The Morgan fingerprint density at radius 2 is 1.83 bits per heavy atom. The molecule has 0 radical (unpaired) electrons. The van der Waals surface area contributed by atoms with Crippen LogP contribution in [0.5, 0.6) is 17.2 Å². The van der Waals surface area contributed by atoms with Gasteiger partial charge >= 0.3 is 0 Å². The number of hydrogen-bond donors (Lipinski definition) is 1. The molecule has 4 rings (SSSR count). The summed E-state index contributed by atoms with van der Waals surface area (Å²) in [7, 11) is 1.60. The lowest BCUT2D eigenvalue weighted by molar-refractivity contribution is 0.102. The molecule has 144 valence electrons. The molecule has 4 aromatic rings. The molecular weight excluding hydrogens is 366 g/mol. The van der Waals surface area contributed by atoms with Crippen LogP contribution in [0, 0.1) is 6.92 Å². The number of benzene rings is 2. The highest BCUT2D eigenvalue weighted by Gasteiger charge is 2.15. The zero-order valence-corrected chi connectivity index (χ0v) is 16.0. The fourth-order valence-electron chi connectivity index (χ4n) is 2.98. The summed E-state index contributed by atoms with van der Waals surface area (Å²) in [4.78, 5) is 21.6. The normalized spacial score (nSPS) is 10.6. The van der Waals surface area contributed by atoms with Crippen LogP contribution in [0.3, 0.4) is 0 Å². The van der Waals surface area contributed by atoms with Crippen molar-refractivity contribution in [2.24, 2.45) is 0 Å². The summed E-state index contributed by atoms with van der Waals surface area (Å²) in [6.07, 6.45) is 3.17. The van der Waals surface area contributed by atoms with Gasteiger partial charge in [0, 0.05) is 17.6 Å². The Bertz CT molecular complexity index is 1180. The van der Waals surface area contributed by atoms with E-state index in [0.29, 0.717) is 34.2 Å². The van der Waals surface area contributed by atoms with E-state index in [2.05, 4.69) is 15.3 Å². The van der Waals surface area contributed by atoms with Gasteiger partial charge in [-0.2, -0.15) is 0 Å². The van der Waals surface area contributed by atoms with Crippen LogP contribution in [0.1, 0.15) is 16.1 Å². The minimum Gasteiger partial charge on any atom is -0.497 e. The first kappa shape index (κ1) is 18.4. The van der Waals surface area contributed by atoms with Crippen molar-refractivity contribution in [3.05, 3.63) is 84.3 Å². The number of amides is 1. The van der Waals surface area contributed by atoms with E-state index in [1.807, 2.05) is 61.5 Å². The molecule has 0 fully saturated rings. The van der Waals surface area contributed by atoms with E-state index < -0.39 is 0 Å². The van der Waals surface area contributed by atoms with Gasteiger partial charge in [-0.3, -0.25) is 14.8 Å². The third-order valence-electron chi connectivity index (χ3n) is 4.46. The number of nitrogens with zero attached hydrogens (tertiary/aromatic N) is 2. The summed E-state index contributed by atoms with van der Waals surface area (Å²) in [5, 5.41) is 3.71. The summed E-state index contributed by atoms with van der Waals surface area (Å²) in [6.45, 7) is 1.81. The second-order valence-electron chi connectivity index (χ2n) is 6.42. The first-order chi connectivity index (χ1) is 14.1. The number of para-hydroxylation sites is 1. The van der Waals surface area contributed by atoms with Gasteiger partial charge in [0.05, 0.1) is 30.1 Å². The fourth-order valence-corrected chi connectivity index (χ4v) is 2.98. The van der Waals surface area contributed by atoms with Gasteiger partial charge in [-0.25, -0.2) is 0 Å². The third kappa shape index (κ3) is 4.01. The zero-order valence-electron chi connectivity index (χ0n) is 16.0. The first-order valence-corrected chi connectivity index (χ1v) is 9.08. The number of methoxy groups -OCH3 is 1. The van der Waals surface area contributed by atoms with Crippen molar-refractivity contribution in [1.82, 2.24) is 9.97 Å². The zero-order chi connectivity index (χ0) is 20.2. The number of fused-ring (bicyclic) bond motifs is 1. The van der Waals surface area contributed by atoms with Gasteiger partial charge in [-0.15, -0.1) is 0 Å². The number of hydrogen-bond acceptors (Lipinski definition) is 5. The second-order valence-corrected chi connectivity index (χ2v) is 6.42. The Hall–Kier alpha value is -3.93. The van der Waals surface area contributed by atoms with Crippen LogP contribution in [0.15, 0.2) is 73.1 Å². The summed E-state index contributed by atoms with van der Waals surface area (Å²) >= 11 is 0. The molecule has 6 nitrogen and oxygen atoms in total. The highest BCUT2D eigenvalue weighted by Crippen LogP contribution is 2.29. The topological polar surface area (TPSA) is 73.3 Å². The molecule has 2 aromatic heterocycles. The van der Waals surface area contributed by atoms with Crippen molar-refractivity contribution in [1.29, 1.82) is 0 Å². The predicted molar refractivity (Wildman–Crippen MR) is 112 cm³/mol. The SMILES string of the molecule is COc1ccc2nc(C)c(C(=O)Nc3cnccc3Oc3ccccc3)cc2c1. The largest absolute Gasteiger partial charge is 0.497 e. The van der Waals surface area contributed by atoms with Gasteiger partial charge in [-0.1, -0.05) is 18.2 Å². The van der Waals surface area contributed by atoms with Crippen LogP contribution in [-0.2, 0) is 0 Å². The summed E-state index contributed by atoms with van der Waals surface area (Å²) in [5.74, 6) is 1.60. The van der Waals surface area contributed by atoms with E-state index in [1.54, 1.807) is 25.6 Å². The first-order valence-electron chi connectivity index (χ1n) is 9.08. The number of rotatable bonds is 5. The maximum Gasteiger partial charge on any atom is 0.257 e. The number of pyridine rings is 2. The lowest BCUT2D eigenvalue weighted by Gasteiger charge is -2.13. The molecule has 2 aromatic carbocycles. The fraction of sp³-hybridized carbons (Fsp3) is 0.0870. The maximum absolute atomic E-state index is 13.0. The van der Waals surface area contributed by atoms with E-state index >= 15 is 0 Å². The Morgan fingerprint density at radius 3 is 2.62 bits per heavy atom. The average molecular weight is 385 g/mol. The number of carbonyl (C=O) groups excluding carboxylic acids is 1. The molecule has 0 aliphatic heterocycles. The van der Waals surface area contributed by atoms with Crippen LogP contribution in [0.2, 0.25) is 0 Å². The molecule has 1 amide bonds. The number of nitrogens with one attached hydrogen (secondary N) is 1. The minimum absolute atomic E-state index is 0.286. The van der Waals surface area contributed by atoms with Crippen molar-refractivity contribution in [3.63, 3.8) is 0 Å². The quantitative estimate of drug-likeness (QED) is 0.524. The lowest BCUT2D eigenvalue weighted by Crippen LogP contribution is -2.15. The number of anilines is 1. The monoisotopic (exact) mass is 385 g/mol. The van der Waals surface area contributed by atoms with Crippen molar-refractivity contribution in [3.8, 4) is 17.2 Å². The summed E-state index contributed by atoms with van der Waals surface area (Å²) in [5.41, 5.74) is 2.38. The van der Waals surface area contributed by atoms with Crippen LogP contribution < -0.4 is 14.8 Å². The minimum atomic E-state index is -0.286. The van der Waals surface area contributed by atoms with Crippen molar-refractivity contribution < 1.29 is 14.3 Å². The molecule has 0 bridgehead atoms.